The molecule has 6 heteroatoms. The highest BCUT2D eigenvalue weighted by Gasteiger charge is 2.37. The van der Waals surface area contributed by atoms with Crippen molar-refractivity contribution >= 4 is 5.97 Å². The summed E-state index contributed by atoms with van der Waals surface area (Å²) in [5.74, 6) is -0.285. The molecular weight excluding hydrogens is 332 g/mol. The van der Waals surface area contributed by atoms with Gasteiger partial charge in [-0.2, -0.15) is 5.26 Å². The molecule has 2 rings (SSSR count). The Bertz CT molecular complexity index is 774. The molecule has 0 saturated heterocycles. The van der Waals surface area contributed by atoms with Gasteiger partial charge in [-0.05, 0) is 26.3 Å². The minimum absolute atomic E-state index is 0.00795. The second kappa shape index (κ2) is 8.95. The average Bonchev–Trinajstić information content (AvgIpc) is 2.62. The quantitative estimate of drug-likeness (QED) is 0.593. The summed E-state index contributed by atoms with van der Waals surface area (Å²) in [6, 6.07) is 9.41. The molecule has 2 N–H and O–H groups in total. The van der Waals surface area contributed by atoms with Crippen LogP contribution < -0.4 is 10.5 Å². The number of unbranched alkanes of at least 4 members (excludes halogenated alkanes) is 1. The predicted molar refractivity (Wildman–Crippen MR) is 96.8 cm³/mol. The monoisotopic (exact) mass is 356 g/mol. The predicted octanol–water partition coefficient (Wildman–Crippen LogP) is 3.51. The van der Waals surface area contributed by atoms with Gasteiger partial charge in [-0.15, -0.1) is 0 Å². The minimum atomic E-state index is -0.689. The van der Waals surface area contributed by atoms with Crippen molar-refractivity contribution in [2.24, 2.45) is 5.73 Å². The van der Waals surface area contributed by atoms with E-state index in [4.69, 9.17) is 19.9 Å². The highest BCUT2D eigenvalue weighted by Crippen LogP contribution is 2.42. The fourth-order valence-corrected chi connectivity index (χ4v) is 2.84. The fourth-order valence-electron chi connectivity index (χ4n) is 2.84. The lowest BCUT2D eigenvalue weighted by atomic mass is 9.82. The van der Waals surface area contributed by atoms with Gasteiger partial charge in [0.15, 0.2) is 0 Å². The van der Waals surface area contributed by atoms with E-state index in [-0.39, 0.29) is 23.6 Å². The lowest BCUT2D eigenvalue weighted by molar-refractivity contribution is -0.139. The number of ether oxygens (including phenoxy) is 3. The Labute approximate surface area is 153 Å². The van der Waals surface area contributed by atoms with Crippen molar-refractivity contribution in [2.45, 2.75) is 39.5 Å². The zero-order valence-corrected chi connectivity index (χ0v) is 15.4. The number of allylic oxidation sites excluding steroid dienone is 2. The van der Waals surface area contributed by atoms with Crippen LogP contribution in [0.25, 0.3) is 0 Å². The Kier molecular flexibility index (Phi) is 6.67. The molecule has 1 aliphatic rings. The van der Waals surface area contributed by atoms with Crippen LogP contribution in [0.2, 0.25) is 0 Å². The standard InChI is InChI=1S/C20H24N2O4/c1-4-6-11-25-16-10-8-7-9-14(16)18-15(12-21)19(22)26-13(3)17(18)20(23)24-5-2/h7-10,18H,4-6,11,22H2,1-3H3. The molecule has 0 saturated carbocycles. The first kappa shape index (κ1) is 19.4. The number of carbonyl (C=O) groups is 1. The smallest absolute Gasteiger partial charge is 0.338 e. The third-order valence-electron chi connectivity index (χ3n) is 4.09. The maximum absolute atomic E-state index is 12.6. The Morgan fingerprint density at radius 2 is 2.08 bits per heavy atom. The van der Waals surface area contributed by atoms with Gasteiger partial charge in [0.2, 0.25) is 5.88 Å². The van der Waals surface area contributed by atoms with Gasteiger partial charge < -0.3 is 19.9 Å². The molecule has 0 aliphatic carbocycles. The summed E-state index contributed by atoms with van der Waals surface area (Å²) < 4.78 is 16.5. The first-order valence-corrected chi connectivity index (χ1v) is 8.72. The topological polar surface area (TPSA) is 94.6 Å². The molecule has 0 amide bonds. The summed E-state index contributed by atoms with van der Waals surface area (Å²) in [6.07, 6.45) is 1.91. The number of nitriles is 1. The molecule has 0 aromatic heterocycles. The molecular formula is C20H24N2O4. The van der Waals surface area contributed by atoms with E-state index in [0.29, 0.717) is 23.7 Å². The van der Waals surface area contributed by atoms with E-state index >= 15 is 0 Å². The summed E-state index contributed by atoms with van der Waals surface area (Å²) in [4.78, 5) is 12.6. The van der Waals surface area contributed by atoms with Gasteiger partial charge in [0, 0.05) is 5.56 Å². The summed E-state index contributed by atoms with van der Waals surface area (Å²) >= 11 is 0. The van der Waals surface area contributed by atoms with Gasteiger partial charge in [0.05, 0.1) is 24.7 Å². The van der Waals surface area contributed by atoms with Crippen LogP contribution >= 0.6 is 0 Å². The summed E-state index contributed by atoms with van der Waals surface area (Å²) in [5, 5.41) is 9.63. The minimum Gasteiger partial charge on any atom is -0.493 e. The van der Waals surface area contributed by atoms with Crippen molar-refractivity contribution < 1.29 is 19.0 Å². The lowest BCUT2D eigenvalue weighted by Crippen LogP contribution is -2.26. The molecule has 1 aromatic rings. The Hall–Kier alpha value is -2.94. The van der Waals surface area contributed by atoms with E-state index < -0.39 is 11.9 Å². The zero-order chi connectivity index (χ0) is 19.1. The lowest BCUT2D eigenvalue weighted by Gasteiger charge is -2.28. The van der Waals surface area contributed by atoms with Crippen LogP contribution in [0.3, 0.4) is 0 Å². The van der Waals surface area contributed by atoms with Crippen LogP contribution in [0.15, 0.2) is 47.1 Å². The molecule has 1 aliphatic heterocycles. The van der Waals surface area contributed by atoms with Crippen LogP contribution in [-0.2, 0) is 14.3 Å². The van der Waals surface area contributed by atoms with Crippen LogP contribution in [0, 0.1) is 11.3 Å². The largest absolute Gasteiger partial charge is 0.493 e. The molecule has 0 bridgehead atoms. The van der Waals surface area contributed by atoms with E-state index in [1.165, 1.54) is 0 Å². The normalized spacial score (nSPS) is 16.8. The molecule has 0 radical (unpaired) electrons. The Morgan fingerprint density at radius 3 is 2.73 bits per heavy atom. The molecule has 138 valence electrons. The number of rotatable bonds is 7. The maximum Gasteiger partial charge on any atom is 0.338 e. The first-order chi connectivity index (χ1) is 12.5. The van der Waals surface area contributed by atoms with E-state index in [2.05, 4.69) is 13.0 Å². The number of nitrogens with two attached hydrogens (primary N) is 1. The second-order valence-corrected chi connectivity index (χ2v) is 5.85. The molecule has 26 heavy (non-hydrogen) atoms. The molecule has 0 spiro atoms. The first-order valence-electron chi connectivity index (χ1n) is 8.72. The summed E-state index contributed by atoms with van der Waals surface area (Å²) in [7, 11) is 0. The van der Waals surface area contributed by atoms with Crippen molar-refractivity contribution in [3.05, 3.63) is 52.6 Å². The van der Waals surface area contributed by atoms with E-state index in [0.717, 1.165) is 12.8 Å². The number of nitrogens with zero attached hydrogens (tertiary/aromatic N) is 1. The Balaban J connectivity index is 2.56. The number of benzene rings is 1. The number of esters is 1. The zero-order valence-electron chi connectivity index (χ0n) is 15.4. The van der Waals surface area contributed by atoms with Crippen molar-refractivity contribution in [1.29, 1.82) is 5.26 Å². The Morgan fingerprint density at radius 1 is 1.35 bits per heavy atom. The van der Waals surface area contributed by atoms with Gasteiger partial charge in [-0.3, -0.25) is 0 Å². The second-order valence-electron chi connectivity index (χ2n) is 5.85. The summed E-state index contributed by atoms with van der Waals surface area (Å²) in [6.45, 7) is 6.22. The van der Waals surface area contributed by atoms with Gasteiger partial charge in [-0.1, -0.05) is 31.5 Å². The third-order valence-corrected chi connectivity index (χ3v) is 4.09. The molecule has 6 nitrogen and oxygen atoms in total. The molecule has 1 heterocycles. The van der Waals surface area contributed by atoms with Crippen molar-refractivity contribution in [3.63, 3.8) is 0 Å². The van der Waals surface area contributed by atoms with Gasteiger partial charge in [0.1, 0.15) is 23.2 Å². The third kappa shape index (κ3) is 3.99. The maximum atomic E-state index is 12.6. The van der Waals surface area contributed by atoms with Gasteiger partial charge >= 0.3 is 5.97 Å². The molecule has 1 atom stereocenters. The number of hydrogen-bond acceptors (Lipinski definition) is 6. The molecule has 0 fully saturated rings. The number of para-hydroxylation sites is 1. The molecule has 1 unspecified atom stereocenters. The van der Waals surface area contributed by atoms with E-state index in [9.17, 15) is 10.1 Å². The van der Waals surface area contributed by atoms with Crippen LogP contribution in [-0.4, -0.2) is 19.2 Å². The van der Waals surface area contributed by atoms with Crippen molar-refractivity contribution in [2.75, 3.05) is 13.2 Å². The fraction of sp³-hybridized carbons (Fsp3) is 0.400. The van der Waals surface area contributed by atoms with Gasteiger partial charge in [0.25, 0.3) is 0 Å². The SMILES string of the molecule is CCCCOc1ccccc1C1C(C#N)=C(N)OC(C)=C1C(=O)OCC. The van der Waals surface area contributed by atoms with Crippen LogP contribution in [0.5, 0.6) is 5.75 Å². The van der Waals surface area contributed by atoms with Crippen LogP contribution in [0.1, 0.15) is 45.1 Å². The highest BCUT2D eigenvalue weighted by molar-refractivity contribution is 5.92. The summed E-state index contributed by atoms with van der Waals surface area (Å²) in [5.41, 5.74) is 7.05. The van der Waals surface area contributed by atoms with Crippen molar-refractivity contribution in [1.82, 2.24) is 0 Å². The average molecular weight is 356 g/mol. The van der Waals surface area contributed by atoms with Gasteiger partial charge in [-0.25, -0.2) is 4.79 Å². The van der Waals surface area contributed by atoms with Crippen LogP contribution in [0.4, 0.5) is 0 Å². The molecule has 1 aromatic carbocycles. The highest BCUT2D eigenvalue weighted by atomic mass is 16.5. The van der Waals surface area contributed by atoms with Crippen molar-refractivity contribution in [3.8, 4) is 11.8 Å². The number of carbonyl (C=O) groups excluding carboxylic acids is 1. The number of hydrogen-bond donors (Lipinski definition) is 1. The van der Waals surface area contributed by atoms with E-state index in [1.807, 2.05) is 24.3 Å². The van der Waals surface area contributed by atoms with E-state index in [1.54, 1.807) is 13.8 Å².